The fourth-order valence-corrected chi connectivity index (χ4v) is 1.11. The number of nitrogens with two attached hydrogens (primary N) is 1. The summed E-state index contributed by atoms with van der Waals surface area (Å²) in [4.78, 5) is 32.4. The van der Waals surface area contributed by atoms with Gasteiger partial charge in [-0.2, -0.15) is 0 Å². The number of hydrogen-bond donors (Lipinski definition) is 4. The van der Waals surface area contributed by atoms with Gasteiger partial charge in [0, 0.05) is 12.5 Å². The van der Waals surface area contributed by atoms with E-state index in [4.69, 9.17) is 10.8 Å². The summed E-state index contributed by atoms with van der Waals surface area (Å²) >= 11 is 0. The zero-order valence-electron chi connectivity index (χ0n) is 9.32. The molecule has 2 unspecified atom stereocenters. The maximum Gasteiger partial charge on any atom is 0.326 e. The van der Waals surface area contributed by atoms with Crippen molar-refractivity contribution >= 4 is 17.9 Å². The first kappa shape index (κ1) is 14.2. The predicted octanol–water partition coefficient (Wildman–Crippen LogP) is -0.587. The van der Waals surface area contributed by atoms with Gasteiger partial charge < -0.3 is 21.5 Å². The molecule has 7 nitrogen and oxygen atoms in total. The highest BCUT2D eigenvalue weighted by atomic mass is 16.4. The molecule has 0 fully saturated rings. The standard InChI is InChI=1S/C9H17N3O4/c1-3-6(8(14)15)12-9(16)11-5(2)4-7(10)13/h5-6H,3-4H2,1-2H3,(H2,10,13)(H,14,15)(H2,11,12,16). The van der Waals surface area contributed by atoms with E-state index >= 15 is 0 Å². The Kier molecular flexibility index (Phi) is 5.91. The molecule has 3 amide bonds. The molecule has 0 spiro atoms. The lowest BCUT2D eigenvalue weighted by molar-refractivity contribution is -0.139. The van der Waals surface area contributed by atoms with Crippen molar-refractivity contribution in [2.75, 3.05) is 0 Å². The van der Waals surface area contributed by atoms with Gasteiger partial charge in [0.05, 0.1) is 0 Å². The van der Waals surface area contributed by atoms with E-state index < -0.39 is 30.0 Å². The van der Waals surface area contributed by atoms with Crippen molar-refractivity contribution in [2.24, 2.45) is 5.73 Å². The van der Waals surface area contributed by atoms with Gasteiger partial charge in [-0.15, -0.1) is 0 Å². The van der Waals surface area contributed by atoms with Crippen LogP contribution in [0.15, 0.2) is 0 Å². The number of amides is 3. The Bertz CT molecular complexity index is 280. The Morgan fingerprint density at radius 1 is 1.31 bits per heavy atom. The number of carbonyl (C=O) groups excluding carboxylic acids is 2. The molecular weight excluding hydrogens is 214 g/mol. The fraction of sp³-hybridized carbons (Fsp3) is 0.667. The minimum absolute atomic E-state index is 0.0112. The smallest absolute Gasteiger partial charge is 0.326 e. The van der Waals surface area contributed by atoms with Crippen molar-refractivity contribution in [3.05, 3.63) is 0 Å². The van der Waals surface area contributed by atoms with Crippen molar-refractivity contribution in [3.8, 4) is 0 Å². The highest BCUT2D eigenvalue weighted by Crippen LogP contribution is 1.92. The second-order valence-electron chi connectivity index (χ2n) is 3.49. The van der Waals surface area contributed by atoms with E-state index in [0.717, 1.165) is 0 Å². The summed E-state index contributed by atoms with van der Waals surface area (Å²) in [6.45, 7) is 3.25. The summed E-state index contributed by atoms with van der Waals surface area (Å²) in [5.74, 6) is -1.63. The quantitative estimate of drug-likeness (QED) is 0.488. The summed E-state index contributed by atoms with van der Waals surface area (Å²) in [5.41, 5.74) is 4.94. The summed E-state index contributed by atoms with van der Waals surface area (Å²) in [5, 5.41) is 13.4. The molecule has 0 radical (unpaired) electrons. The molecule has 0 rings (SSSR count). The molecular formula is C9H17N3O4. The number of hydrogen-bond acceptors (Lipinski definition) is 3. The molecule has 0 saturated heterocycles. The van der Waals surface area contributed by atoms with E-state index in [1.807, 2.05) is 0 Å². The maximum atomic E-state index is 11.3. The second kappa shape index (κ2) is 6.65. The number of urea groups is 1. The van der Waals surface area contributed by atoms with Crippen LogP contribution in [-0.2, 0) is 9.59 Å². The SMILES string of the molecule is CCC(NC(=O)NC(C)CC(N)=O)C(=O)O. The van der Waals surface area contributed by atoms with Crippen molar-refractivity contribution in [2.45, 2.75) is 38.8 Å². The topological polar surface area (TPSA) is 122 Å². The van der Waals surface area contributed by atoms with E-state index in [1.54, 1.807) is 13.8 Å². The van der Waals surface area contributed by atoms with Crippen LogP contribution in [0.1, 0.15) is 26.7 Å². The Morgan fingerprint density at radius 3 is 2.25 bits per heavy atom. The molecule has 0 aliphatic heterocycles. The Morgan fingerprint density at radius 2 is 1.88 bits per heavy atom. The molecule has 0 aromatic heterocycles. The maximum absolute atomic E-state index is 11.3. The zero-order chi connectivity index (χ0) is 12.7. The number of carboxylic acids is 1. The van der Waals surface area contributed by atoms with Crippen LogP contribution in [0.5, 0.6) is 0 Å². The van der Waals surface area contributed by atoms with Gasteiger partial charge >= 0.3 is 12.0 Å². The molecule has 16 heavy (non-hydrogen) atoms. The summed E-state index contributed by atoms with van der Waals surface area (Å²) in [6, 6.07) is -1.98. The average Bonchev–Trinajstić information content (AvgIpc) is 2.11. The molecule has 0 bridgehead atoms. The van der Waals surface area contributed by atoms with Crippen molar-refractivity contribution in [3.63, 3.8) is 0 Å². The molecule has 0 aliphatic carbocycles. The van der Waals surface area contributed by atoms with Crippen LogP contribution in [0.3, 0.4) is 0 Å². The number of carboxylic acid groups (broad SMARTS) is 1. The van der Waals surface area contributed by atoms with Crippen LogP contribution in [0.4, 0.5) is 4.79 Å². The molecule has 0 saturated carbocycles. The predicted molar refractivity (Wildman–Crippen MR) is 56.7 cm³/mol. The Hall–Kier alpha value is -1.79. The summed E-state index contributed by atoms with van der Waals surface area (Å²) in [6.07, 6.45) is 0.296. The van der Waals surface area contributed by atoms with Crippen LogP contribution in [0.25, 0.3) is 0 Å². The van der Waals surface area contributed by atoms with Gasteiger partial charge in [0.15, 0.2) is 0 Å². The zero-order valence-corrected chi connectivity index (χ0v) is 9.32. The fourth-order valence-electron chi connectivity index (χ4n) is 1.11. The monoisotopic (exact) mass is 231 g/mol. The molecule has 2 atom stereocenters. The third-order valence-corrected chi connectivity index (χ3v) is 1.90. The summed E-state index contributed by atoms with van der Waals surface area (Å²) < 4.78 is 0. The average molecular weight is 231 g/mol. The van der Waals surface area contributed by atoms with Crippen LogP contribution >= 0.6 is 0 Å². The third kappa shape index (κ3) is 5.84. The first-order valence-corrected chi connectivity index (χ1v) is 4.95. The highest BCUT2D eigenvalue weighted by molar-refractivity contribution is 5.83. The number of rotatable bonds is 6. The first-order valence-electron chi connectivity index (χ1n) is 4.95. The van der Waals surface area contributed by atoms with Crippen molar-refractivity contribution < 1.29 is 19.5 Å². The van der Waals surface area contributed by atoms with Gasteiger partial charge in [-0.05, 0) is 13.3 Å². The minimum atomic E-state index is -1.10. The lowest BCUT2D eigenvalue weighted by Crippen LogP contribution is -2.48. The number of nitrogens with one attached hydrogen (secondary N) is 2. The van der Waals surface area contributed by atoms with E-state index in [1.165, 1.54) is 0 Å². The highest BCUT2D eigenvalue weighted by Gasteiger charge is 2.18. The second-order valence-corrected chi connectivity index (χ2v) is 3.49. The normalized spacial score (nSPS) is 13.6. The van der Waals surface area contributed by atoms with Crippen LogP contribution < -0.4 is 16.4 Å². The largest absolute Gasteiger partial charge is 0.480 e. The van der Waals surface area contributed by atoms with Crippen LogP contribution in [0.2, 0.25) is 0 Å². The van der Waals surface area contributed by atoms with E-state index in [9.17, 15) is 14.4 Å². The van der Waals surface area contributed by atoms with E-state index in [0.29, 0.717) is 0 Å². The van der Waals surface area contributed by atoms with E-state index in [2.05, 4.69) is 10.6 Å². The van der Waals surface area contributed by atoms with Crippen molar-refractivity contribution in [1.29, 1.82) is 0 Å². The number of carbonyl (C=O) groups is 3. The van der Waals surface area contributed by atoms with Gasteiger partial charge in [-0.25, -0.2) is 9.59 Å². The lowest BCUT2D eigenvalue weighted by atomic mass is 10.2. The van der Waals surface area contributed by atoms with Gasteiger partial charge in [0.2, 0.25) is 5.91 Å². The Labute approximate surface area is 93.4 Å². The van der Waals surface area contributed by atoms with Gasteiger partial charge in [0.25, 0.3) is 0 Å². The van der Waals surface area contributed by atoms with Gasteiger partial charge in [-0.1, -0.05) is 6.92 Å². The van der Waals surface area contributed by atoms with Crippen molar-refractivity contribution in [1.82, 2.24) is 10.6 Å². The third-order valence-electron chi connectivity index (χ3n) is 1.90. The first-order chi connectivity index (χ1) is 7.36. The molecule has 5 N–H and O–H groups in total. The lowest BCUT2D eigenvalue weighted by Gasteiger charge is -2.16. The molecule has 0 aliphatic rings. The van der Waals surface area contributed by atoms with E-state index in [-0.39, 0.29) is 12.8 Å². The molecule has 0 heterocycles. The Balaban J connectivity index is 4.06. The van der Waals surface area contributed by atoms with Gasteiger partial charge in [-0.3, -0.25) is 4.79 Å². The number of aliphatic carboxylic acids is 1. The van der Waals surface area contributed by atoms with Gasteiger partial charge in [0.1, 0.15) is 6.04 Å². The molecule has 0 aromatic rings. The summed E-state index contributed by atoms with van der Waals surface area (Å²) in [7, 11) is 0. The number of primary amides is 1. The molecule has 92 valence electrons. The molecule has 0 aromatic carbocycles. The molecule has 7 heteroatoms. The van der Waals surface area contributed by atoms with Crippen LogP contribution in [0, 0.1) is 0 Å². The minimum Gasteiger partial charge on any atom is -0.480 e. The van der Waals surface area contributed by atoms with Crippen LogP contribution in [-0.4, -0.2) is 35.1 Å².